The fraction of sp³-hybridized carbons (Fsp3) is 0.400. The smallest absolute Gasteiger partial charge is 0.305 e. The van der Waals surface area contributed by atoms with Gasteiger partial charge in [-0.3, -0.25) is 14.4 Å². The summed E-state index contributed by atoms with van der Waals surface area (Å²) in [5.41, 5.74) is 4.07. The van der Waals surface area contributed by atoms with E-state index < -0.39 is 12.0 Å². The van der Waals surface area contributed by atoms with E-state index in [4.69, 9.17) is 5.11 Å². The second-order valence-corrected chi connectivity index (χ2v) is 6.99. The molecule has 2 N–H and O–H groups in total. The molecule has 0 saturated heterocycles. The summed E-state index contributed by atoms with van der Waals surface area (Å²) < 4.78 is 2.02. The third kappa shape index (κ3) is 4.21. The molecule has 1 unspecified atom stereocenters. The molecule has 8 heteroatoms. The van der Waals surface area contributed by atoms with Crippen LogP contribution < -0.4 is 5.32 Å². The normalized spacial score (nSPS) is 15.8. The van der Waals surface area contributed by atoms with Crippen LogP contribution in [0.25, 0.3) is 0 Å². The van der Waals surface area contributed by atoms with Crippen LogP contribution in [0.3, 0.4) is 0 Å². The fourth-order valence-corrected chi connectivity index (χ4v) is 3.45. The molecule has 1 aliphatic heterocycles. The van der Waals surface area contributed by atoms with E-state index in [1.807, 2.05) is 16.7 Å². The highest BCUT2D eigenvalue weighted by Crippen LogP contribution is 2.24. The molecule has 3 rings (SSSR count). The molecule has 0 saturated carbocycles. The zero-order valence-electron chi connectivity index (χ0n) is 16.0. The van der Waals surface area contributed by atoms with E-state index >= 15 is 0 Å². The first-order valence-electron chi connectivity index (χ1n) is 9.21. The highest BCUT2D eigenvalue weighted by molar-refractivity contribution is 5.87. The molecule has 0 fully saturated rings. The Balaban J connectivity index is 1.79. The number of imidazole rings is 1. The maximum Gasteiger partial charge on any atom is 0.305 e. The van der Waals surface area contributed by atoms with Gasteiger partial charge < -0.3 is 19.9 Å². The van der Waals surface area contributed by atoms with Gasteiger partial charge in [0, 0.05) is 26.4 Å². The average molecular weight is 384 g/mol. The summed E-state index contributed by atoms with van der Waals surface area (Å²) in [6.07, 6.45) is 1.91. The van der Waals surface area contributed by atoms with Crippen LogP contribution in [0.2, 0.25) is 0 Å². The second-order valence-electron chi connectivity index (χ2n) is 6.99. The fourth-order valence-electron chi connectivity index (χ4n) is 3.45. The Morgan fingerprint density at radius 1 is 1.29 bits per heavy atom. The predicted molar refractivity (Wildman–Crippen MR) is 101 cm³/mol. The Labute approximate surface area is 163 Å². The van der Waals surface area contributed by atoms with Crippen LogP contribution in [-0.2, 0) is 33.9 Å². The van der Waals surface area contributed by atoms with Gasteiger partial charge in [0.1, 0.15) is 6.04 Å². The Morgan fingerprint density at radius 2 is 2.04 bits per heavy atom. The van der Waals surface area contributed by atoms with Crippen LogP contribution in [0, 0.1) is 6.92 Å². The SMILES string of the molecule is CC(=O)N1Cc2c(ncn2Cc2ccccc2C)CC1C(=O)NCCC(=O)O. The molecule has 0 radical (unpaired) electrons. The summed E-state index contributed by atoms with van der Waals surface area (Å²) >= 11 is 0. The van der Waals surface area contributed by atoms with Gasteiger partial charge >= 0.3 is 5.97 Å². The molecule has 0 bridgehead atoms. The lowest BCUT2D eigenvalue weighted by molar-refractivity contribution is -0.141. The van der Waals surface area contributed by atoms with Crippen molar-refractivity contribution in [3.8, 4) is 0 Å². The molecular weight excluding hydrogens is 360 g/mol. The van der Waals surface area contributed by atoms with Gasteiger partial charge in [0.05, 0.1) is 30.7 Å². The van der Waals surface area contributed by atoms with Gasteiger partial charge in [-0.05, 0) is 18.1 Å². The predicted octanol–water partition coefficient (Wildman–Crippen LogP) is 1.10. The zero-order valence-corrected chi connectivity index (χ0v) is 16.0. The maximum atomic E-state index is 12.5. The van der Waals surface area contributed by atoms with E-state index in [9.17, 15) is 14.4 Å². The van der Waals surface area contributed by atoms with Crippen LogP contribution in [0.15, 0.2) is 30.6 Å². The number of aryl methyl sites for hydroxylation is 1. The van der Waals surface area contributed by atoms with E-state index in [-0.39, 0.29) is 24.8 Å². The Bertz CT molecular complexity index is 905. The lowest BCUT2D eigenvalue weighted by Gasteiger charge is -2.34. The third-order valence-corrected chi connectivity index (χ3v) is 5.06. The van der Waals surface area contributed by atoms with Crippen molar-refractivity contribution < 1.29 is 19.5 Å². The summed E-state index contributed by atoms with van der Waals surface area (Å²) in [5.74, 6) is -1.53. The van der Waals surface area contributed by atoms with Crippen molar-refractivity contribution in [2.24, 2.45) is 0 Å². The molecule has 0 aliphatic carbocycles. The quantitative estimate of drug-likeness (QED) is 0.776. The van der Waals surface area contributed by atoms with Gasteiger partial charge in [-0.1, -0.05) is 24.3 Å². The van der Waals surface area contributed by atoms with Gasteiger partial charge in [-0.15, -0.1) is 0 Å². The van der Waals surface area contributed by atoms with Crippen molar-refractivity contribution >= 4 is 17.8 Å². The number of nitrogens with one attached hydrogen (secondary N) is 1. The van der Waals surface area contributed by atoms with Gasteiger partial charge in [-0.2, -0.15) is 0 Å². The number of rotatable bonds is 6. The number of aliphatic carboxylic acids is 1. The number of carbonyl (C=O) groups excluding carboxylic acids is 2. The summed E-state index contributed by atoms with van der Waals surface area (Å²) in [6.45, 7) is 4.47. The number of hydrogen-bond acceptors (Lipinski definition) is 4. The average Bonchev–Trinajstić information content (AvgIpc) is 3.04. The molecule has 1 atom stereocenters. The zero-order chi connectivity index (χ0) is 20.3. The van der Waals surface area contributed by atoms with Crippen LogP contribution >= 0.6 is 0 Å². The lowest BCUT2D eigenvalue weighted by atomic mass is 10.0. The first-order chi connectivity index (χ1) is 13.4. The standard InChI is InChI=1S/C20H24N4O4/c1-13-5-3-4-6-15(13)10-23-12-22-16-9-17(20(28)21-8-7-19(26)27)24(14(2)25)11-18(16)23/h3-6,12,17H,7-11H2,1-2H3,(H,21,28)(H,26,27). The van der Waals surface area contributed by atoms with Crippen molar-refractivity contribution in [3.05, 3.63) is 53.1 Å². The van der Waals surface area contributed by atoms with Gasteiger partial charge in [0.2, 0.25) is 11.8 Å². The number of carbonyl (C=O) groups is 3. The number of carboxylic acid groups (broad SMARTS) is 1. The van der Waals surface area contributed by atoms with Crippen LogP contribution in [0.1, 0.15) is 35.9 Å². The van der Waals surface area contributed by atoms with E-state index in [0.717, 1.165) is 11.4 Å². The van der Waals surface area contributed by atoms with Crippen molar-refractivity contribution in [1.29, 1.82) is 0 Å². The van der Waals surface area contributed by atoms with Crippen LogP contribution in [0.5, 0.6) is 0 Å². The van der Waals surface area contributed by atoms with E-state index in [2.05, 4.69) is 29.4 Å². The highest BCUT2D eigenvalue weighted by Gasteiger charge is 2.35. The molecule has 0 spiro atoms. The third-order valence-electron chi connectivity index (χ3n) is 5.06. The van der Waals surface area contributed by atoms with Crippen LogP contribution in [-0.4, -0.2) is 49.9 Å². The molecule has 1 aromatic heterocycles. The van der Waals surface area contributed by atoms with E-state index in [1.165, 1.54) is 23.0 Å². The lowest BCUT2D eigenvalue weighted by Crippen LogP contribution is -2.52. The van der Waals surface area contributed by atoms with Crippen molar-refractivity contribution in [2.45, 2.75) is 45.8 Å². The monoisotopic (exact) mass is 384 g/mol. The van der Waals surface area contributed by atoms with E-state index in [0.29, 0.717) is 19.5 Å². The molecular formula is C20H24N4O4. The van der Waals surface area contributed by atoms with Crippen molar-refractivity contribution in [2.75, 3.05) is 6.54 Å². The summed E-state index contributed by atoms with van der Waals surface area (Å²) in [7, 11) is 0. The Hall–Kier alpha value is -3.16. The highest BCUT2D eigenvalue weighted by atomic mass is 16.4. The molecule has 2 heterocycles. The topological polar surface area (TPSA) is 105 Å². The van der Waals surface area contributed by atoms with Crippen LogP contribution in [0.4, 0.5) is 0 Å². The molecule has 148 valence electrons. The molecule has 1 aliphatic rings. The first kappa shape index (κ1) is 19.6. The number of nitrogens with zero attached hydrogens (tertiary/aromatic N) is 3. The largest absolute Gasteiger partial charge is 0.481 e. The van der Waals surface area contributed by atoms with E-state index in [1.54, 1.807) is 6.33 Å². The first-order valence-corrected chi connectivity index (χ1v) is 9.21. The summed E-state index contributed by atoms with van der Waals surface area (Å²) in [6, 6.07) is 7.42. The van der Waals surface area contributed by atoms with Crippen molar-refractivity contribution in [3.63, 3.8) is 0 Å². The number of benzene rings is 1. The minimum atomic E-state index is -0.982. The molecule has 8 nitrogen and oxygen atoms in total. The molecule has 2 aromatic rings. The minimum absolute atomic E-state index is 0.0327. The van der Waals surface area contributed by atoms with Crippen molar-refractivity contribution in [1.82, 2.24) is 19.8 Å². The number of hydrogen-bond donors (Lipinski definition) is 2. The number of fused-ring (bicyclic) bond motifs is 1. The summed E-state index contributed by atoms with van der Waals surface area (Å²) in [5, 5.41) is 11.3. The molecule has 28 heavy (non-hydrogen) atoms. The molecule has 1 aromatic carbocycles. The van der Waals surface area contributed by atoms with Gasteiger partial charge in [-0.25, -0.2) is 4.98 Å². The van der Waals surface area contributed by atoms with Gasteiger partial charge in [0.15, 0.2) is 0 Å². The Kier molecular flexibility index (Phi) is 5.77. The summed E-state index contributed by atoms with van der Waals surface area (Å²) in [4.78, 5) is 41.3. The Morgan fingerprint density at radius 3 is 2.71 bits per heavy atom. The number of aromatic nitrogens is 2. The number of amides is 2. The second kappa shape index (κ2) is 8.24. The maximum absolute atomic E-state index is 12.5. The van der Waals surface area contributed by atoms with Gasteiger partial charge in [0.25, 0.3) is 0 Å². The molecule has 2 amide bonds. The minimum Gasteiger partial charge on any atom is -0.481 e. The number of carboxylic acids is 1.